The highest BCUT2D eigenvalue weighted by Crippen LogP contribution is 1.70. The highest BCUT2D eigenvalue weighted by molar-refractivity contribution is 5.89. The van der Waals surface area contributed by atoms with E-state index in [4.69, 9.17) is 15.5 Å². The summed E-state index contributed by atoms with van der Waals surface area (Å²) >= 11 is 0. The zero-order valence-electron chi connectivity index (χ0n) is 5.39. The van der Waals surface area contributed by atoms with Gasteiger partial charge >= 0.3 is 11.9 Å². The summed E-state index contributed by atoms with van der Waals surface area (Å²) in [5.41, 5.74) is 4.15. The third-order valence-electron chi connectivity index (χ3n) is 0.368. The Morgan fingerprint density at radius 1 is 1.27 bits per heavy atom. The number of aliphatic carboxylic acids is 2. The van der Waals surface area contributed by atoms with E-state index < -0.39 is 11.9 Å². The Balaban J connectivity index is 0. The van der Waals surface area contributed by atoms with E-state index in [1.54, 1.807) is 0 Å². The SMILES string of the molecule is N#CN.O=C(O)/C=C\C(=O)O. The van der Waals surface area contributed by atoms with Crippen molar-refractivity contribution < 1.29 is 19.8 Å². The molecule has 4 N–H and O–H groups in total. The third-order valence-corrected chi connectivity index (χ3v) is 0.368. The van der Waals surface area contributed by atoms with E-state index in [2.05, 4.69) is 5.73 Å². The maximum absolute atomic E-state index is 9.55. The first-order chi connectivity index (χ1) is 5.04. The average molecular weight is 158 g/mol. The highest BCUT2D eigenvalue weighted by atomic mass is 16.4. The first-order valence-electron chi connectivity index (χ1n) is 2.28. The van der Waals surface area contributed by atoms with Gasteiger partial charge in [-0.15, -0.1) is 0 Å². The van der Waals surface area contributed by atoms with Crippen LogP contribution in [0.3, 0.4) is 0 Å². The Morgan fingerprint density at radius 3 is 1.55 bits per heavy atom. The molecule has 0 aromatic heterocycles. The molecule has 0 radical (unpaired) electrons. The van der Waals surface area contributed by atoms with Crippen LogP contribution in [0, 0.1) is 11.5 Å². The summed E-state index contributed by atoms with van der Waals surface area (Å²) in [6, 6.07) is 0. The maximum Gasteiger partial charge on any atom is 0.328 e. The standard InChI is InChI=1S/C4H4O4.CH2N2/c5-3(6)1-2-4(7)8;2-1-3/h1-2H,(H,5,6)(H,7,8);2H2/b2-1-;. The Kier molecular flexibility index (Phi) is 8.50. The first-order valence-corrected chi connectivity index (χ1v) is 2.28. The Morgan fingerprint density at radius 2 is 1.45 bits per heavy atom. The lowest BCUT2D eigenvalue weighted by atomic mass is 10.5. The van der Waals surface area contributed by atoms with E-state index in [1.165, 1.54) is 6.19 Å². The van der Waals surface area contributed by atoms with Gasteiger partial charge in [0, 0.05) is 12.2 Å². The monoisotopic (exact) mass is 158 g/mol. The predicted molar refractivity (Wildman–Crippen MR) is 34.2 cm³/mol. The smallest absolute Gasteiger partial charge is 0.328 e. The number of carboxylic acids is 2. The van der Waals surface area contributed by atoms with Crippen LogP contribution in [0.1, 0.15) is 0 Å². The molecule has 0 heterocycles. The molecule has 0 saturated carbocycles. The molecule has 0 aliphatic rings. The number of hydrogen-bond donors (Lipinski definition) is 3. The van der Waals surface area contributed by atoms with Crippen molar-refractivity contribution in [2.24, 2.45) is 5.73 Å². The Labute approximate surface area is 62.2 Å². The van der Waals surface area contributed by atoms with Gasteiger partial charge in [-0.25, -0.2) is 9.59 Å². The lowest BCUT2D eigenvalue weighted by molar-refractivity contribution is -0.134. The number of nitrogens with zero attached hydrogens (tertiary/aromatic N) is 1. The fourth-order valence-corrected chi connectivity index (χ4v) is 0.143. The highest BCUT2D eigenvalue weighted by Gasteiger charge is 1.88. The molecule has 60 valence electrons. The summed E-state index contributed by atoms with van der Waals surface area (Å²) in [5, 5.41) is 22.7. The average Bonchev–Trinajstić information content (AvgIpc) is 1.85. The molecule has 0 atom stereocenters. The lowest BCUT2D eigenvalue weighted by Gasteiger charge is -1.74. The number of nitrogens with two attached hydrogens (primary N) is 1. The van der Waals surface area contributed by atoms with Crippen molar-refractivity contribution in [3.05, 3.63) is 12.2 Å². The number of hydrogen-bond acceptors (Lipinski definition) is 4. The molecule has 6 nitrogen and oxygen atoms in total. The van der Waals surface area contributed by atoms with Gasteiger partial charge in [-0.1, -0.05) is 0 Å². The molecule has 0 aromatic rings. The van der Waals surface area contributed by atoms with Gasteiger partial charge in [0.2, 0.25) is 0 Å². The lowest BCUT2D eigenvalue weighted by Crippen LogP contribution is -1.91. The molecule has 11 heavy (non-hydrogen) atoms. The van der Waals surface area contributed by atoms with Crippen LogP contribution in [0.2, 0.25) is 0 Å². The molecule has 0 aliphatic heterocycles. The normalized spacial score (nSPS) is 7.55. The number of nitriles is 1. The van der Waals surface area contributed by atoms with Crippen LogP contribution in [0.4, 0.5) is 0 Å². The molecule has 0 bridgehead atoms. The summed E-state index contributed by atoms with van der Waals surface area (Å²) in [7, 11) is 0. The summed E-state index contributed by atoms with van der Waals surface area (Å²) in [5.74, 6) is -2.51. The number of carbonyl (C=O) groups is 2. The molecule has 6 heteroatoms. The first kappa shape index (κ1) is 11.7. The summed E-state index contributed by atoms with van der Waals surface area (Å²) in [4.78, 5) is 19.1. The van der Waals surface area contributed by atoms with Gasteiger partial charge in [-0.05, 0) is 0 Å². The van der Waals surface area contributed by atoms with Crippen LogP contribution in [0.15, 0.2) is 12.2 Å². The van der Waals surface area contributed by atoms with Crippen molar-refractivity contribution in [3.63, 3.8) is 0 Å². The van der Waals surface area contributed by atoms with Crippen LogP contribution in [0.5, 0.6) is 0 Å². The van der Waals surface area contributed by atoms with Gasteiger partial charge < -0.3 is 15.9 Å². The second-order valence-corrected chi connectivity index (χ2v) is 1.14. The van der Waals surface area contributed by atoms with Crippen molar-refractivity contribution in [2.45, 2.75) is 0 Å². The minimum Gasteiger partial charge on any atom is -0.478 e. The largest absolute Gasteiger partial charge is 0.478 e. The van der Waals surface area contributed by atoms with E-state index in [-0.39, 0.29) is 0 Å². The van der Waals surface area contributed by atoms with Crippen LogP contribution in [0.25, 0.3) is 0 Å². The van der Waals surface area contributed by atoms with Crippen LogP contribution >= 0.6 is 0 Å². The van der Waals surface area contributed by atoms with Gasteiger partial charge in [-0.3, -0.25) is 0 Å². The predicted octanol–water partition coefficient (Wildman–Crippen LogP) is -0.862. The molecule has 0 rings (SSSR count). The minimum atomic E-state index is -1.26. The molecular weight excluding hydrogens is 152 g/mol. The molecule has 0 unspecified atom stereocenters. The van der Waals surface area contributed by atoms with E-state index in [0.29, 0.717) is 12.2 Å². The maximum atomic E-state index is 9.55. The molecular formula is C5H6N2O4. The van der Waals surface area contributed by atoms with Gasteiger partial charge in [0.15, 0.2) is 6.19 Å². The molecule has 0 aromatic carbocycles. The Bertz CT molecular complexity index is 187. The Hall–Kier alpha value is -2.03. The van der Waals surface area contributed by atoms with Gasteiger partial charge in [0.1, 0.15) is 0 Å². The summed E-state index contributed by atoms with van der Waals surface area (Å²) < 4.78 is 0. The third kappa shape index (κ3) is 32.2. The zero-order valence-corrected chi connectivity index (χ0v) is 5.39. The molecule has 0 aliphatic carbocycles. The minimum absolute atomic E-state index is 0.558. The van der Waals surface area contributed by atoms with Gasteiger partial charge in [0.05, 0.1) is 0 Å². The molecule has 0 saturated heterocycles. The number of carboxylic acid groups (broad SMARTS) is 2. The fourth-order valence-electron chi connectivity index (χ4n) is 0.143. The van der Waals surface area contributed by atoms with E-state index >= 15 is 0 Å². The summed E-state index contributed by atoms with van der Waals surface area (Å²) in [6.45, 7) is 0. The van der Waals surface area contributed by atoms with Crippen LogP contribution in [-0.4, -0.2) is 22.2 Å². The van der Waals surface area contributed by atoms with E-state index in [9.17, 15) is 9.59 Å². The second kappa shape index (κ2) is 7.97. The topological polar surface area (TPSA) is 124 Å². The van der Waals surface area contributed by atoms with Gasteiger partial charge in [-0.2, -0.15) is 5.26 Å². The summed E-state index contributed by atoms with van der Waals surface area (Å²) in [6.07, 6.45) is 2.37. The van der Waals surface area contributed by atoms with Crippen molar-refractivity contribution in [3.8, 4) is 6.19 Å². The van der Waals surface area contributed by atoms with Crippen molar-refractivity contribution in [1.82, 2.24) is 0 Å². The van der Waals surface area contributed by atoms with Gasteiger partial charge in [0.25, 0.3) is 0 Å². The van der Waals surface area contributed by atoms with Crippen molar-refractivity contribution in [1.29, 1.82) is 5.26 Å². The zero-order chi connectivity index (χ0) is 9.28. The molecule has 0 amide bonds. The fraction of sp³-hybridized carbons (Fsp3) is 0. The van der Waals surface area contributed by atoms with Crippen molar-refractivity contribution >= 4 is 11.9 Å². The molecule has 0 spiro atoms. The second-order valence-electron chi connectivity index (χ2n) is 1.14. The van der Waals surface area contributed by atoms with Crippen molar-refractivity contribution in [2.75, 3.05) is 0 Å². The molecule has 0 fully saturated rings. The quantitative estimate of drug-likeness (QED) is 0.273. The number of rotatable bonds is 2. The van der Waals surface area contributed by atoms with Crippen LogP contribution < -0.4 is 5.73 Å². The van der Waals surface area contributed by atoms with E-state index in [0.717, 1.165) is 0 Å². The van der Waals surface area contributed by atoms with E-state index in [1.807, 2.05) is 0 Å². The van der Waals surface area contributed by atoms with Crippen LogP contribution in [-0.2, 0) is 9.59 Å².